The van der Waals surface area contributed by atoms with E-state index in [9.17, 15) is 8.42 Å². The van der Waals surface area contributed by atoms with E-state index in [0.717, 1.165) is 4.31 Å². The van der Waals surface area contributed by atoms with Crippen molar-refractivity contribution in [2.24, 2.45) is 0 Å². The molecule has 2 N–H and O–H groups in total. The van der Waals surface area contributed by atoms with Crippen LogP contribution in [0.5, 0.6) is 0 Å². The first-order valence-corrected chi connectivity index (χ1v) is 7.08. The lowest BCUT2D eigenvalue weighted by Crippen LogP contribution is -2.29. The van der Waals surface area contributed by atoms with Gasteiger partial charge in [0.1, 0.15) is 4.90 Å². The number of hydrogen-bond acceptors (Lipinski definition) is 5. The van der Waals surface area contributed by atoms with Crippen LogP contribution in [0.1, 0.15) is 12.0 Å². The highest BCUT2D eigenvalue weighted by Gasteiger charge is 2.20. The van der Waals surface area contributed by atoms with Crippen molar-refractivity contribution in [3.63, 3.8) is 0 Å². The molecular formula is C12H16N2O4S. The number of hydrogen-bond donors (Lipinski definition) is 2. The zero-order valence-electron chi connectivity index (χ0n) is 10.6. The first kappa shape index (κ1) is 15.6. The molecule has 0 saturated heterocycles. The fourth-order valence-electron chi connectivity index (χ4n) is 1.29. The van der Waals surface area contributed by atoms with Crippen molar-refractivity contribution >= 4 is 10.0 Å². The monoisotopic (exact) mass is 284 g/mol. The van der Waals surface area contributed by atoms with Crippen molar-refractivity contribution in [2.75, 3.05) is 26.8 Å². The molecular weight excluding hydrogens is 268 g/mol. The van der Waals surface area contributed by atoms with Gasteiger partial charge in [-0.05, 0) is 6.07 Å². The summed E-state index contributed by atoms with van der Waals surface area (Å²) < 4.78 is 25.2. The number of aromatic nitrogens is 1. The summed E-state index contributed by atoms with van der Waals surface area (Å²) in [6, 6.07) is 1.42. The van der Waals surface area contributed by atoms with Gasteiger partial charge in [0.15, 0.2) is 0 Å². The van der Waals surface area contributed by atoms with E-state index in [4.69, 9.17) is 10.2 Å². The second-order valence-corrected chi connectivity index (χ2v) is 5.78. The molecule has 0 aliphatic rings. The van der Waals surface area contributed by atoms with E-state index in [1.54, 1.807) is 0 Å². The van der Waals surface area contributed by atoms with Gasteiger partial charge in [0.2, 0.25) is 10.0 Å². The van der Waals surface area contributed by atoms with Gasteiger partial charge in [-0.2, -0.15) is 4.31 Å². The van der Waals surface area contributed by atoms with Crippen LogP contribution >= 0.6 is 0 Å². The maximum atomic E-state index is 12.1. The van der Waals surface area contributed by atoms with Crippen molar-refractivity contribution in [3.8, 4) is 11.8 Å². The van der Waals surface area contributed by atoms with Gasteiger partial charge in [-0.25, -0.2) is 8.42 Å². The van der Waals surface area contributed by atoms with Gasteiger partial charge in [0.25, 0.3) is 0 Å². The molecule has 7 heteroatoms. The van der Waals surface area contributed by atoms with E-state index in [1.165, 1.54) is 25.5 Å². The first-order chi connectivity index (χ1) is 9.02. The second-order valence-electron chi connectivity index (χ2n) is 3.73. The fourth-order valence-corrected chi connectivity index (χ4v) is 2.44. The molecule has 0 radical (unpaired) electrons. The molecule has 0 fully saturated rings. The largest absolute Gasteiger partial charge is 0.395 e. The van der Waals surface area contributed by atoms with Gasteiger partial charge in [-0.15, -0.1) is 0 Å². The molecule has 1 heterocycles. The molecule has 0 atom stereocenters. The highest BCUT2D eigenvalue weighted by Crippen LogP contribution is 2.13. The van der Waals surface area contributed by atoms with E-state index in [0.29, 0.717) is 12.0 Å². The minimum Gasteiger partial charge on any atom is -0.395 e. The lowest BCUT2D eigenvalue weighted by Gasteiger charge is -2.15. The standard InChI is InChI=1S/C12H16N2O4S/c1-14(5-7-16)19(17,18)12-8-11(9-13-10-12)4-2-3-6-15/h8-10,15-16H,3,5-7H2,1H3. The molecule has 0 aromatic carbocycles. The smallest absolute Gasteiger partial charge is 0.244 e. The van der Waals surface area contributed by atoms with Crippen LogP contribution in [0.2, 0.25) is 0 Å². The maximum absolute atomic E-state index is 12.1. The van der Waals surface area contributed by atoms with Crippen molar-refractivity contribution in [1.29, 1.82) is 0 Å². The Balaban J connectivity index is 3.03. The molecule has 0 aliphatic carbocycles. The molecule has 0 aliphatic heterocycles. The fraction of sp³-hybridized carbons (Fsp3) is 0.417. The molecule has 0 amide bonds. The van der Waals surface area contributed by atoms with Gasteiger partial charge in [0.05, 0.1) is 13.2 Å². The summed E-state index contributed by atoms with van der Waals surface area (Å²) in [5.74, 6) is 5.42. The van der Waals surface area contributed by atoms with Gasteiger partial charge < -0.3 is 10.2 Å². The zero-order chi connectivity index (χ0) is 14.3. The lowest BCUT2D eigenvalue weighted by molar-refractivity contribution is 0.266. The Kier molecular flexibility index (Phi) is 5.92. The van der Waals surface area contributed by atoms with Crippen molar-refractivity contribution in [3.05, 3.63) is 24.0 Å². The van der Waals surface area contributed by atoms with Gasteiger partial charge >= 0.3 is 0 Å². The van der Waals surface area contributed by atoms with Crippen LogP contribution in [0.15, 0.2) is 23.4 Å². The third kappa shape index (κ3) is 4.29. The molecule has 0 bridgehead atoms. The Bertz CT molecular complexity index is 575. The van der Waals surface area contributed by atoms with Gasteiger partial charge in [0, 0.05) is 38.0 Å². The molecule has 1 aromatic heterocycles. The van der Waals surface area contributed by atoms with E-state index < -0.39 is 10.0 Å². The average molecular weight is 284 g/mol. The average Bonchev–Trinajstić information content (AvgIpc) is 2.39. The summed E-state index contributed by atoms with van der Waals surface area (Å²) in [6.07, 6.45) is 3.01. The normalized spacial score (nSPS) is 11.2. The molecule has 19 heavy (non-hydrogen) atoms. The highest BCUT2D eigenvalue weighted by molar-refractivity contribution is 7.89. The van der Waals surface area contributed by atoms with Gasteiger partial charge in [-0.1, -0.05) is 11.8 Å². The van der Waals surface area contributed by atoms with Gasteiger partial charge in [-0.3, -0.25) is 4.98 Å². The Morgan fingerprint density at radius 3 is 2.68 bits per heavy atom. The summed E-state index contributed by atoms with van der Waals surface area (Å²) in [5, 5.41) is 17.4. The Hall–Kier alpha value is -1.46. The highest BCUT2D eigenvalue weighted by atomic mass is 32.2. The minimum absolute atomic E-state index is 0.0166. The topological polar surface area (TPSA) is 90.7 Å². The third-order valence-corrected chi connectivity index (χ3v) is 4.13. The van der Waals surface area contributed by atoms with Crippen LogP contribution in [-0.4, -0.2) is 54.7 Å². The van der Waals surface area contributed by atoms with E-state index in [1.807, 2.05) is 0 Å². The SMILES string of the molecule is CN(CCO)S(=O)(=O)c1cncc(C#CCCO)c1. The van der Waals surface area contributed by atoms with Crippen LogP contribution in [0.25, 0.3) is 0 Å². The minimum atomic E-state index is -3.66. The quantitative estimate of drug-likeness (QED) is 0.707. The summed E-state index contributed by atoms with van der Waals surface area (Å²) >= 11 is 0. The van der Waals surface area contributed by atoms with Crippen molar-refractivity contribution in [2.45, 2.75) is 11.3 Å². The molecule has 1 aromatic rings. The number of pyridine rings is 1. The summed E-state index contributed by atoms with van der Waals surface area (Å²) in [4.78, 5) is 3.87. The number of likely N-dealkylation sites (N-methyl/N-ethyl adjacent to an activating group) is 1. The molecule has 6 nitrogen and oxygen atoms in total. The number of aliphatic hydroxyl groups is 2. The summed E-state index contributed by atoms with van der Waals surface area (Å²) in [5.41, 5.74) is 0.465. The summed E-state index contributed by atoms with van der Waals surface area (Å²) in [6.45, 7) is -0.278. The van der Waals surface area contributed by atoms with Crippen molar-refractivity contribution in [1.82, 2.24) is 9.29 Å². The molecule has 1 rings (SSSR count). The predicted octanol–water partition coefficient (Wildman–Crippen LogP) is -0.572. The second kappa shape index (κ2) is 7.21. The molecule has 0 spiro atoms. The molecule has 0 saturated carbocycles. The Morgan fingerprint density at radius 2 is 2.05 bits per heavy atom. The number of rotatable bonds is 5. The van der Waals surface area contributed by atoms with E-state index >= 15 is 0 Å². The number of aliphatic hydroxyl groups excluding tert-OH is 2. The molecule has 0 unspecified atom stereocenters. The van der Waals surface area contributed by atoms with Crippen molar-refractivity contribution < 1.29 is 18.6 Å². The number of sulfonamides is 1. The Morgan fingerprint density at radius 1 is 1.32 bits per heavy atom. The number of nitrogens with zero attached hydrogens (tertiary/aromatic N) is 2. The predicted molar refractivity (Wildman–Crippen MR) is 69.7 cm³/mol. The van der Waals surface area contributed by atoms with Crippen LogP contribution in [0.3, 0.4) is 0 Å². The van der Waals surface area contributed by atoms with Crippen LogP contribution < -0.4 is 0 Å². The lowest BCUT2D eigenvalue weighted by atomic mass is 10.3. The van der Waals surface area contributed by atoms with Crippen LogP contribution in [-0.2, 0) is 10.0 Å². The molecule has 104 valence electrons. The van der Waals surface area contributed by atoms with Crippen LogP contribution in [0, 0.1) is 11.8 Å². The third-order valence-electron chi connectivity index (χ3n) is 2.31. The summed E-state index contributed by atoms with van der Waals surface area (Å²) in [7, 11) is -2.28. The Labute approximate surface area is 112 Å². The maximum Gasteiger partial charge on any atom is 0.244 e. The van der Waals surface area contributed by atoms with E-state index in [-0.39, 0.29) is 24.7 Å². The first-order valence-electron chi connectivity index (χ1n) is 5.64. The van der Waals surface area contributed by atoms with E-state index in [2.05, 4.69) is 16.8 Å². The zero-order valence-corrected chi connectivity index (χ0v) is 11.4. The van der Waals surface area contributed by atoms with Crippen LogP contribution in [0.4, 0.5) is 0 Å².